The minimum atomic E-state index is -0.921. The van der Waals surface area contributed by atoms with Crippen LogP contribution >= 0.6 is 34.8 Å². The van der Waals surface area contributed by atoms with Crippen LogP contribution in [0.15, 0.2) is 24.3 Å². The van der Waals surface area contributed by atoms with E-state index in [4.69, 9.17) is 39.5 Å². The maximum absolute atomic E-state index is 11.5. The molecule has 0 aliphatic rings. The summed E-state index contributed by atoms with van der Waals surface area (Å²) in [5, 5.41) is 0.333. The molecule has 118 valence electrons. The molecule has 0 spiro atoms. The molecule has 9 heteroatoms. The second-order valence-electron chi connectivity index (χ2n) is 3.64. The first kappa shape index (κ1) is 18.3. The molecule has 0 aliphatic carbocycles. The third-order valence-electron chi connectivity index (χ3n) is 2.07. The van der Waals surface area contributed by atoms with Crippen molar-refractivity contribution in [2.24, 2.45) is 0 Å². The molecule has 0 aromatic heterocycles. The van der Waals surface area contributed by atoms with Crippen LogP contribution in [-0.4, -0.2) is 31.6 Å². The van der Waals surface area contributed by atoms with E-state index >= 15 is 0 Å². The van der Waals surface area contributed by atoms with Crippen molar-refractivity contribution < 1.29 is 28.6 Å². The van der Waals surface area contributed by atoms with Crippen molar-refractivity contribution >= 4 is 52.7 Å². The molecule has 0 bridgehead atoms. The van der Waals surface area contributed by atoms with Gasteiger partial charge in [0.15, 0.2) is 12.4 Å². The van der Waals surface area contributed by atoms with E-state index in [0.717, 1.165) is 19.3 Å². The molecule has 0 aliphatic heterocycles. The summed E-state index contributed by atoms with van der Waals surface area (Å²) in [7, 11) is 1.15. The average molecular weight is 368 g/mol. The summed E-state index contributed by atoms with van der Waals surface area (Å²) in [6.45, 7) is -0.695. The number of ether oxygens (including phenoxy) is 3. The van der Waals surface area contributed by atoms with E-state index in [1.165, 1.54) is 12.1 Å². The van der Waals surface area contributed by atoms with E-state index in [2.05, 4.69) is 9.47 Å². The van der Waals surface area contributed by atoms with Gasteiger partial charge in [-0.25, -0.2) is 14.4 Å². The Hall–Kier alpha value is -1.76. The number of rotatable bonds is 5. The van der Waals surface area contributed by atoms with Gasteiger partial charge in [0.25, 0.3) is 0 Å². The molecule has 1 aromatic rings. The quantitative estimate of drug-likeness (QED) is 0.452. The van der Waals surface area contributed by atoms with E-state index in [1.807, 2.05) is 0 Å². The molecule has 0 radical (unpaired) electrons. The van der Waals surface area contributed by atoms with Gasteiger partial charge in [-0.3, -0.25) is 0 Å². The lowest BCUT2D eigenvalue weighted by Crippen LogP contribution is -2.18. The summed E-state index contributed by atoms with van der Waals surface area (Å²) in [5.41, 5.74) is 0. The Balaban J connectivity index is 2.56. The molecule has 1 aromatic carbocycles. The first-order valence-corrected chi connectivity index (χ1v) is 6.75. The van der Waals surface area contributed by atoms with Gasteiger partial charge in [0.1, 0.15) is 0 Å². The van der Waals surface area contributed by atoms with Crippen molar-refractivity contribution in [3.05, 3.63) is 39.4 Å². The van der Waals surface area contributed by atoms with Crippen LogP contribution in [0.3, 0.4) is 0 Å². The molecular formula is C13H9Cl3O6. The van der Waals surface area contributed by atoms with Gasteiger partial charge in [0.2, 0.25) is 0 Å². The van der Waals surface area contributed by atoms with Gasteiger partial charge in [0.05, 0.1) is 17.2 Å². The van der Waals surface area contributed by atoms with Crippen LogP contribution in [0.4, 0.5) is 0 Å². The second kappa shape index (κ2) is 8.63. The zero-order valence-corrected chi connectivity index (χ0v) is 13.4. The van der Waals surface area contributed by atoms with E-state index in [0.29, 0.717) is 0 Å². The van der Waals surface area contributed by atoms with E-state index in [9.17, 15) is 14.4 Å². The second-order valence-corrected chi connectivity index (χ2v) is 4.89. The van der Waals surface area contributed by atoms with Gasteiger partial charge in [-0.1, -0.05) is 34.8 Å². The molecule has 0 heterocycles. The number of methoxy groups -OCH3 is 1. The Morgan fingerprint density at radius 1 is 1.05 bits per heavy atom. The summed E-state index contributed by atoms with van der Waals surface area (Å²) in [5.74, 6) is -2.67. The van der Waals surface area contributed by atoms with Crippen LogP contribution in [0, 0.1) is 0 Å². The number of carbonyl (C=O) groups is 3. The molecule has 0 atom stereocenters. The van der Waals surface area contributed by atoms with Crippen molar-refractivity contribution in [2.45, 2.75) is 0 Å². The Kier molecular flexibility index (Phi) is 7.17. The van der Waals surface area contributed by atoms with Crippen molar-refractivity contribution in [1.29, 1.82) is 0 Å². The number of carbonyl (C=O) groups excluding carboxylic acids is 3. The topological polar surface area (TPSA) is 78.9 Å². The predicted molar refractivity (Wildman–Crippen MR) is 79.2 cm³/mol. The van der Waals surface area contributed by atoms with Gasteiger partial charge < -0.3 is 14.2 Å². The Labute approximate surface area is 140 Å². The average Bonchev–Trinajstić information content (AvgIpc) is 2.46. The van der Waals surface area contributed by atoms with Gasteiger partial charge in [0, 0.05) is 17.2 Å². The smallest absolute Gasteiger partial charge is 0.349 e. The van der Waals surface area contributed by atoms with Crippen LogP contribution in [0.25, 0.3) is 0 Å². The van der Waals surface area contributed by atoms with Crippen LogP contribution in [0.5, 0.6) is 5.75 Å². The van der Waals surface area contributed by atoms with E-state index < -0.39 is 24.5 Å². The molecule has 22 heavy (non-hydrogen) atoms. The summed E-state index contributed by atoms with van der Waals surface area (Å²) in [6.07, 6.45) is 1.65. The molecule has 0 fully saturated rings. The fourth-order valence-electron chi connectivity index (χ4n) is 1.15. The molecule has 0 amide bonds. The van der Waals surface area contributed by atoms with Crippen molar-refractivity contribution in [2.75, 3.05) is 13.7 Å². The van der Waals surface area contributed by atoms with Gasteiger partial charge in [-0.15, -0.1) is 0 Å². The number of hydrogen-bond donors (Lipinski definition) is 0. The van der Waals surface area contributed by atoms with Crippen molar-refractivity contribution in [3.8, 4) is 5.75 Å². The predicted octanol–water partition coefficient (Wildman–Crippen LogP) is 2.82. The fourth-order valence-corrected chi connectivity index (χ4v) is 2.05. The van der Waals surface area contributed by atoms with Crippen molar-refractivity contribution in [3.63, 3.8) is 0 Å². The third-order valence-corrected chi connectivity index (χ3v) is 2.85. The minimum absolute atomic E-state index is 0.0303. The number of hydrogen-bond acceptors (Lipinski definition) is 6. The maximum Gasteiger partial charge on any atom is 0.349 e. The first-order chi connectivity index (χ1) is 10.3. The summed E-state index contributed by atoms with van der Waals surface area (Å²) >= 11 is 17.4. The lowest BCUT2D eigenvalue weighted by Gasteiger charge is -2.08. The SMILES string of the molecule is COC(=O)/C=C/C(=O)OCC(=O)Oc1c(Cl)cc(Cl)cc1Cl. The molecule has 1 rings (SSSR count). The van der Waals surface area contributed by atoms with Crippen LogP contribution in [0.2, 0.25) is 15.1 Å². The summed E-state index contributed by atoms with van der Waals surface area (Å²) < 4.78 is 13.7. The molecule has 0 unspecified atom stereocenters. The van der Waals surface area contributed by atoms with Gasteiger partial charge in [-0.05, 0) is 12.1 Å². The summed E-state index contributed by atoms with van der Waals surface area (Å²) in [6, 6.07) is 2.67. The van der Waals surface area contributed by atoms with Gasteiger partial charge in [-0.2, -0.15) is 0 Å². The standard InChI is InChI=1S/C13H9Cl3O6/c1-20-10(17)2-3-11(18)21-6-12(19)22-13-8(15)4-7(14)5-9(13)16/h2-5H,6H2,1H3/b3-2+. The highest BCUT2D eigenvalue weighted by molar-refractivity contribution is 6.40. The highest BCUT2D eigenvalue weighted by Crippen LogP contribution is 2.35. The summed E-state index contributed by atoms with van der Waals surface area (Å²) in [4.78, 5) is 33.5. The van der Waals surface area contributed by atoms with Crippen LogP contribution < -0.4 is 4.74 Å². The lowest BCUT2D eigenvalue weighted by molar-refractivity contribution is -0.150. The molecular weight excluding hydrogens is 358 g/mol. The van der Waals surface area contributed by atoms with Crippen LogP contribution in [-0.2, 0) is 23.9 Å². The zero-order valence-electron chi connectivity index (χ0n) is 11.1. The van der Waals surface area contributed by atoms with Gasteiger partial charge >= 0.3 is 17.9 Å². The first-order valence-electron chi connectivity index (χ1n) is 5.61. The highest BCUT2D eigenvalue weighted by atomic mass is 35.5. The normalized spacial score (nSPS) is 10.4. The minimum Gasteiger partial charge on any atom is -0.466 e. The molecule has 6 nitrogen and oxygen atoms in total. The maximum atomic E-state index is 11.5. The Morgan fingerprint density at radius 2 is 1.59 bits per heavy atom. The zero-order chi connectivity index (χ0) is 16.7. The largest absolute Gasteiger partial charge is 0.466 e. The Bertz CT molecular complexity index is 603. The number of halogens is 3. The van der Waals surface area contributed by atoms with Crippen LogP contribution in [0.1, 0.15) is 0 Å². The Morgan fingerprint density at radius 3 is 2.14 bits per heavy atom. The molecule has 0 saturated heterocycles. The lowest BCUT2D eigenvalue weighted by atomic mass is 10.3. The highest BCUT2D eigenvalue weighted by Gasteiger charge is 2.15. The van der Waals surface area contributed by atoms with E-state index in [1.54, 1.807) is 0 Å². The fraction of sp³-hybridized carbons (Fsp3) is 0.154. The molecule has 0 saturated carbocycles. The third kappa shape index (κ3) is 5.93. The monoisotopic (exact) mass is 366 g/mol. The number of benzene rings is 1. The van der Waals surface area contributed by atoms with E-state index in [-0.39, 0.29) is 20.8 Å². The number of esters is 3. The van der Waals surface area contributed by atoms with Crippen molar-refractivity contribution in [1.82, 2.24) is 0 Å². The molecule has 0 N–H and O–H groups in total.